The van der Waals surface area contributed by atoms with Crippen LogP contribution in [0.4, 0.5) is 0 Å². The second-order valence-electron chi connectivity index (χ2n) is 3.81. The summed E-state index contributed by atoms with van der Waals surface area (Å²) >= 11 is 0. The molecule has 1 fully saturated rings. The van der Waals surface area contributed by atoms with Gasteiger partial charge in [0.1, 0.15) is 5.60 Å². The first-order valence-corrected chi connectivity index (χ1v) is 4.86. The Morgan fingerprint density at radius 2 is 2.23 bits per heavy atom. The number of rotatable bonds is 3. The minimum Gasteiger partial charge on any atom is -0.471 e. The Morgan fingerprint density at radius 1 is 1.46 bits per heavy atom. The van der Waals surface area contributed by atoms with Crippen LogP contribution in [0.2, 0.25) is 0 Å². The van der Waals surface area contributed by atoms with Crippen molar-refractivity contribution in [2.45, 2.75) is 38.7 Å². The summed E-state index contributed by atoms with van der Waals surface area (Å²) < 4.78 is 5.81. The molecule has 0 spiro atoms. The van der Waals surface area contributed by atoms with E-state index < -0.39 is 0 Å². The van der Waals surface area contributed by atoms with E-state index in [4.69, 9.17) is 4.74 Å². The Morgan fingerprint density at radius 3 is 2.69 bits per heavy atom. The van der Waals surface area contributed by atoms with Crippen LogP contribution in [0.25, 0.3) is 0 Å². The van der Waals surface area contributed by atoms with Crippen LogP contribution in [0.5, 0.6) is 5.88 Å². The second-order valence-corrected chi connectivity index (χ2v) is 3.81. The molecule has 2 rings (SSSR count). The van der Waals surface area contributed by atoms with Crippen LogP contribution in [0, 0.1) is 6.92 Å². The lowest BCUT2D eigenvalue weighted by atomic mass is 10.2. The largest absolute Gasteiger partial charge is 0.471 e. The van der Waals surface area contributed by atoms with Gasteiger partial charge in [-0.1, -0.05) is 13.0 Å². The van der Waals surface area contributed by atoms with Crippen molar-refractivity contribution in [1.82, 2.24) is 4.98 Å². The molecule has 0 bridgehead atoms. The van der Waals surface area contributed by atoms with Gasteiger partial charge in [0.15, 0.2) is 0 Å². The Labute approximate surface area is 78.9 Å². The van der Waals surface area contributed by atoms with Crippen molar-refractivity contribution in [3.8, 4) is 5.88 Å². The lowest BCUT2D eigenvalue weighted by molar-refractivity contribution is 0.166. The van der Waals surface area contributed by atoms with Crippen LogP contribution in [-0.2, 0) is 0 Å². The van der Waals surface area contributed by atoms with Crippen LogP contribution in [0.15, 0.2) is 18.3 Å². The Kier molecular flexibility index (Phi) is 1.98. The Hall–Kier alpha value is -1.05. The summed E-state index contributed by atoms with van der Waals surface area (Å²) in [6.07, 6.45) is 5.29. The van der Waals surface area contributed by atoms with Gasteiger partial charge in [-0.15, -0.1) is 0 Å². The first-order valence-electron chi connectivity index (χ1n) is 4.86. The molecule has 0 N–H and O–H groups in total. The zero-order valence-corrected chi connectivity index (χ0v) is 8.21. The molecule has 0 aromatic carbocycles. The molecule has 2 nitrogen and oxygen atoms in total. The van der Waals surface area contributed by atoms with Gasteiger partial charge in [0, 0.05) is 12.3 Å². The second kappa shape index (κ2) is 3.02. The Bertz CT molecular complexity index is 287. The highest BCUT2D eigenvalue weighted by molar-refractivity contribution is 5.18. The SMILES string of the molecule is CCC1(Oc2ccc(C)cn2)CC1. The van der Waals surface area contributed by atoms with Gasteiger partial charge in [0.05, 0.1) is 0 Å². The number of nitrogens with zero attached hydrogens (tertiary/aromatic N) is 1. The van der Waals surface area contributed by atoms with Crippen molar-refractivity contribution in [1.29, 1.82) is 0 Å². The molecule has 0 radical (unpaired) electrons. The quantitative estimate of drug-likeness (QED) is 0.708. The average Bonchev–Trinajstić information content (AvgIpc) is 2.90. The predicted octanol–water partition coefficient (Wildman–Crippen LogP) is 2.71. The molecule has 1 saturated carbocycles. The topological polar surface area (TPSA) is 22.1 Å². The number of ether oxygens (including phenoxy) is 1. The van der Waals surface area contributed by atoms with Gasteiger partial charge in [0.2, 0.25) is 5.88 Å². The number of hydrogen-bond acceptors (Lipinski definition) is 2. The van der Waals surface area contributed by atoms with Crippen molar-refractivity contribution in [2.24, 2.45) is 0 Å². The van der Waals surface area contributed by atoms with Gasteiger partial charge in [-0.2, -0.15) is 0 Å². The highest BCUT2D eigenvalue weighted by atomic mass is 16.5. The van der Waals surface area contributed by atoms with Crippen molar-refractivity contribution in [2.75, 3.05) is 0 Å². The Balaban J connectivity index is 2.06. The number of pyridine rings is 1. The zero-order valence-electron chi connectivity index (χ0n) is 8.21. The third-order valence-electron chi connectivity index (χ3n) is 2.66. The number of aryl methyl sites for hydroxylation is 1. The van der Waals surface area contributed by atoms with Crippen molar-refractivity contribution in [3.05, 3.63) is 23.9 Å². The first-order chi connectivity index (χ1) is 6.24. The molecule has 1 aliphatic rings. The molecule has 70 valence electrons. The van der Waals surface area contributed by atoms with E-state index in [0.29, 0.717) is 0 Å². The maximum absolute atomic E-state index is 5.81. The molecule has 13 heavy (non-hydrogen) atoms. The van der Waals surface area contributed by atoms with E-state index in [1.165, 1.54) is 18.4 Å². The predicted molar refractivity (Wildman–Crippen MR) is 51.9 cm³/mol. The van der Waals surface area contributed by atoms with E-state index in [-0.39, 0.29) is 5.60 Å². The summed E-state index contributed by atoms with van der Waals surface area (Å²) in [5.41, 5.74) is 1.30. The van der Waals surface area contributed by atoms with Crippen molar-refractivity contribution in [3.63, 3.8) is 0 Å². The summed E-state index contributed by atoms with van der Waals surface area (Å²) in [5.74, 6) is 0.768. The van der Waals surface area contributed by atoms with Gasteiger partial charge in [0.25, 0.3) is 0 Å². The molecule has 0 amide bonds. The maximum atomic E-state index is 5.81. The molecule has 0 aliphatic heterocycles. The summed E-state index contributed by atoms with van der Waals surface area (Å²) in [5, 5.41) is 0. The minimum atomic E-state index is 0.127. The van der Waals surface area contributed by atoms with Gasteiger partial charge < -0.3 is 4.74 Å². The van der Waals surface area contributed by atoms with Gasteiger partial charge in [-0.3, -0.25) is 0 Å². The molecule has 0 saturated heterocycles. The lowest BCUT2D eigenvalue weighted by Gasteiger charge is -2.14. The van der Waals surface area contributed by atoms with E-state index >= 15 is 0 Å². The van der Waals surface area contributed by atoms with Crippen LogP contribution in [-0.4, -0.2) is 10.6 Å². The summed E-state index contributed by atoms with van der Waals surface area (Å²) in [6.45, 7) is 4.20. The molecule has 2 heteroatoms. The first kappa shape index (κ1) is 8.54. The molecule has 1 aromatic rings. The van der Waals surface area contributed by atoms with Gasteiger partial charge >= 0.3 is 0 Å². The molecule has 1 heterocycles. The fourth-order valence-corrected chi connectivity index (χ4v) is 1.40. The van der Waals surface area contributed by atoms with E-state index in [1.807, 2.05) is 25.3 Å². The number of hydrogen-bond donors (Lipinski definition) is 0. The average molecular weight is 177 g/mol. The van der Waals surface area contributed by atoms with E-state index in [1.54, 1.807) is 0 Å². The molecule has 1 aromatic heterocycles. The lowest BCUT2D eigenvalue weighted by Crippen LogP contribution is -2.16. The highest BCUT2D eigenvalue weighted by Crippen LogP contribution is 2.42. The third-order valence-corrected chi connectivity index (χ3v) is 2.66. The van der Waals surface area contributed by atoms with E-state index in [2.05, 4.69) is 11.9 Å². The van der Waals surface area contributed by atoms with Crippen molar-refractivity contribution >= 4 is 0 Å². The molecular weight excluding hydrogens is 162 g/mol. The molecule has 0 atom stereocenters. The fourth-order valence-electron chi connectivity index (χ4n) is 1.40. The highest BCUT2D eigenvalue weighted by Gasteiger charge is 2.43. The van der Waals surface area contributed by atoms with E-state index in [9.17, 15) is 0 Å². The van der Waals surface area contributed by atoms with Gasteiger partial charge in [-0.05, 0) is 31.7 Å². The third kappa shape index (κ3) is 1.82. The summed E-state index contributed by atoms with van der Waals surface area (Å²) in [6, 6.07) is 3.99. The van der Waals surface area contributed by atoms with Crippen LogP contribution in [0.3, 0.4) is 0 Å². The zero-order chi connectivity index (χ0) is 9.31. The molecule has 1 aliphatic carbocycles. The van der Waals surface area contributed by atoms with Crippen LogP contribution >= 0.6 is 0 Å². The monoisotopic (exact) mass is 177 g/mol. The van der Waals surface area contributed by atoms with Crippen LogP contribution < -0.4 is 4.74 Å². The smallest absolute Gasteiger partial charge is 0.213 e. The number of aromatic nitrogens is 1. The van der Waals surface area contributed by atoms with Gasteiger partial charge in [-0.25, -0.2) is 4.98 Å². The fraction of sp³-hybridized carbons (Fsp3) is 0.545. The standard InChI is InChI=1S/C11H15NO/c1-3-11(6-7-11)13-10-5-4-9(2)8-12-10/h4-5,8H,3,6-7H2,1-2H3. The normalized spacial score (nSPS) is 18.3. The maximum Gasteiger partial charge on any atom is 0.213 e. The summed E-state index contributed by atoms with van der Waals surface area (Å²) in [7, 11) is 0. The van der Waals surface area contributed by atoms with E-state index in [0.717, 1.165) is 12.3 Å². The minimum absolute atomic E-state index is 0.127. The molecule has 0 unspecified atom stereocenters. The van der Waals surface area contributed by atoms with Crippen molar-refractivity contribution < 1.29 is 4.74 Å². The van der Waals surface area contributed by atoms with Crippen LogP contribution in [0.1, 0.15) is 31.7 Å². The molecular formula is C11H15NO. The summed E-state index contributed by atoms with van der Waals surface area (Å²) in [4.78, 5) is 4.23.